The van der Waals surface area contributed by atoms with Crippen LogP contribution in [-0.4, -0.2) is 32.0 Å². The summed E-state index contributed by atoms with van der Waals surface area (Å²) in [5.41, 5.74) is 0.620. The number of allylic oxidation sites excluding steroid dienone is 1. The molecule has 0 spiro atoms. The van der Waals surface area contributed by atoms with Gasteiger partial charge in [-0.1, -0.05) is 18.5 Å². The summed E-state index contributed by atoms with van der Waals surface area (Å²) < 4.78 is 0. The molecule has 0 aliphatic carbocycles. The van der Waals surface area contributed by atoms with Crippen LogP contribution < -0.4 is 10.8 Å². The average Bonchev–Trinajstić information content (AvgIpc) is 2.80. The molecule has 1 fully saturated rings. The van der Waals surface area contributed by atoms with E-state index in [1.807, 2.05) is 11.4 Å². The van der Waals surface area contributed by atoms with Crippen molar-refractivity contribution in [3.8, 4) is 0 Å². The molecule has 2 radical (unpaired) electrons. The van der Waals surface area contributed by atoms with E-state index in [2.05, 4.69) is 49.4 Å². The van der Waals surface area contributed by atoms with E-state index in [1.54, 1.807) is 11.3 Å². The highest BCUT2D eigenvalue weighted by atomic mass is 32.1. The van der Waals surface area contributed by atoms with E-state index in [0.717, 1.165) is 17.7 Å². The Morgan fingerprint density at radius 1 is 1.53 bits per heavy atom. The molecule has 0 aromatic carbocycles. The van der Waals surface area contributed by atoms with Gasteiger partial charge in [-0.25, -0.2) is 0 Å². The monoisotopic (exact) mass is 247 g/mol. The van der Waals surface area contributed by atoms with Crippen LogP contribution >= 0.6 is 11.3 Å². The van der Waals surface area contributed by atoms with Crippen molar-refractivity contribution in [3.63, 3.8) is 0 Å². The van der Waals surface area contributed by atoms with E-state index in [-0.39, 0.29) is 5.66 Å². The fraction of sp³-hybridized carbons (Fsp3) is 0.500. The van der Waals surface area contributed by atoms with Gasteiger partial charge in [0.2, 0.25) is 0 Å². The van der Waals surface area contributed by atoms with Crippen molar-refractivity contribution in [2.75, 3.05) is 14.1 Å². The Balaban J connectivity index is 2.36. The summed E-state index contributed by atoms with van der Waals surface area (Å²) in [7, 11) is 9.96. The van der Waals surface area contributed by atoms with Crippen molar-refractivity contribution < 1.29 is 0 Å². The molecule has 1 aromatic heterocycles. The summed E-state index contributed by atoms with van der Waals surface area (Å²) in [5, 5.41) is 9.88. The molecule has 5 heteroatoms. The zero-order valence-electron chi connectivity index (χ0n) is 10.8. The minimum Gasteiger partial charge on any atom is -0.347 e. The van der Waals surface area contributed by atoms with Gasteiger partial charge in [0.15, 0.2) is 0 Å². The number of rotatable bonds is 2. The first-order valence-electron chi connectivity index (χ1n) is 5.79. The Labute approximate surface area is 108 Å². The molecule has 0 bridgehead atoms. The molecule has 17 heavy (non-hydrogen) atoms. The van der Waals surface area contributed by atoms with Crippen LogP contribution in [0, 0.1) is 0 Å². The predicted octanol–water partition coefficient (Wildman–Crippen LogP) is 1.35. The Bertz CT molecular complexity index is 443. The topological polar surface area (TPSA) is 18.5 Å². The molecule has 0 amide bonds. The molecule has 90 valence electrons. The van der Waals surface area contributed by atoms with Crippen LogP contribution in [0.25, 0.3) is 0 Å². The molecule has 1 unspecified atom stereocenters. The number of nitrogens with zero attached hydrogens (tertiary/aromatic N) is 2. The van der Waals surface area contributed by atoms with Crippen LogP contribution in [0.1, 0.15) is 25.1 Å². The molecule has 3 nitrogen and oxygen atoms in total. The van der Waals surface area contributed by atoms with Crippen molar-refractivity contribution in [1.82, 2.24) is 15.3 Å². The third-order valence-corrected chi connectivity index (χ3v) is 4.47. The third-order valence-electron chi connectivity index (χ3n) is 3.31. The normalized spacial score (nSPS) is 27.8. The van der Waals surface area contributed by atoms with Crippen LogP contribution in [0.2, 0.25) is 0 Å². The molecular formula is C12H18BN3S. The maximum absolute atomic E-state index is 5.81. The first-order chi connectivity index (χ1) is 7.99. The molecule has 2 heterocycles. The standard InChI is InChI=1S/C12H18BN3S/c1-5-6-11-14-12(2,16(4)15(11)3)10-7-9(13)8-17-10/h6-8,14H,5H2,1-4H3/b11-6-. The highest BCUT2D eigenvalue weighted by Gasteiger charge is 2.42. The van der Waals surface area contributed by atoms with Gasteiger partial charge < -0.3 is 5.32 Å². The molecule has 2 rings (SSSR count). The second-order valence-corrected chi connectivity index (χ2v) is 5.40. The van der Waals surface area contributed by atoms with Crippen molar-refractivity contribution in [1.29, 1.82) is 0 Å². The van der Waals surface area contributed by atoms with Gasteiger partial charge in [-0.2, -0.15) is 5.01 Å². The number of hydrogen-bond acceptors (Lipinski definition) is 4. The minimum atomic E-state index is -0.210. The lowest BCUT2D eigenvalue weighted by molar-refractivity contribution is 0.0117. The highest BCUT2D eigenvalue weighted by Crippen LogP contribution is 2.35. The lowest BCUT2D eigenvalue weighted by atomic mass is 9.98. The molecule has 1 aliphatic rings. The maximum Gasteiger partial charge on any atom is 0.141 e. The summed E-state index contributed by atoms with van der Waals surface area (Å²) >= 11 is 1.69. The van der Waals surface area contributed by atoms with Gasteiger partial charge in [-0.15, -0.1) is 11.3 Å². The van der Waals surface area contributed by atoms with E-state index in [0.29, 0.717) is 0 Å². The van der Waals surface area contributed by atoms with Crippen molar-refractivity contribution >= 4 is 24.6 Å². The first kappa shape index (κ1) is 12.5. The van der Waals surface area contributed by atoms with Crippen LogP contribution in [-0.2, 0) is 5.66 Å². The Morgan fingerprint density at radius 3 is 2.76 bits per heavy atom. The lowest BCUT2D eigenvalue weighted by Gasteiger charge is -2.32. The van der Waals surface area contributed by atoms with E-state index in [4.69, 9.17) is 7.85 Å². The number of nitrogens with one attached hydrogen (secondary N) is 1. The lowest BCUT2D eigenvalue weighted by Crippen LogP contribution is -2.45. The Hall–Kier alpha value is -0.935. The summed E-state index contributed by atoms with van der Waals surface area (Å²) in [4.78, 5) is 1.23. The van der Waals surface area contributed by atoms with E-state index in [1.165, 1.54) is 4.88 Å². The molecule has 0 saturated carbocycles. The van der Waals surface area contributed by atoms with E-state index < -0.39 is 0 Å². The van der Waals surface area contributed by atoms with Crippen LogP contribution in [0.15, 0.2) is 23.3 Å². The van der Waals surface area contributed by atoms with Gasteiger partial charge in [0.1, 0.15) is 19.3 Å². The third kappa shape index (κ3) is 1.98. The van der Waals surface area contributed by atoms with Crippen LogP contribution in [0.3, 0.4) is 0 Å². The summed E-state index contributed by atoms with van der Waals surface area (Å²) in [5.74, 6) is 1.14. The minimum absolute atomic E-state index is 0.210. The van der Waals surface area contributed by atoms with Crippen molar-refractivity contribution in [2.24, 2.45) is 0 Å². The number of thiophene rings is 1. The number of hydrogen-bond donors (Lipinski definition) is 1. The molecule has 1 aromatic rings. The highest BCUT2D eigenvalue weighted by molar-refractivity contribution is 7.11. The number of hydrazine groups is 1. The molecule has 1 aliphatic heterocycles. The fourth-order valence-corrected chi connectivity index (χ4v) is 3.02. The van der Waals surface area contributed by atoms with E-state index in [9.17, 15) is 0 Å². The quantitative estimate of drug-likeness (QED) is 0.796. The van der Waals surface area contributed by atoms with Gasteiger partial charge in [-0.3, -0.25) is 5.01 Å². The van der Waals surface area contributed by atoms with Gasteiger partial charge in [-0.05, 0) is 24.8 Å². The Kier molecular flexibility index (Phi) is 3.23. The predicted molar refractivity (Wildman–Crippen MR) is 74.1 cm³/mol. The largest absolute Gasteiger partial charge is 0.347 e. The van der Waals surface area contributed by atoms with Crippen molar-refractivity contribution in [3.05, 3.63) is 28.2 Å². The summed E-state index contributed by atoms with van der Waals surface area (Å²) in [6.07, 6.45) is 3.21. The molecule has 1 N–H and O–H groups in total. The summed E-state index contributed by atoms with van der Waals surface area (Å²) in [6.45, 7) is 4.31. The summed E-state index contributed by atoms with van der Waals surface area (Å²) in [6, 6.07) is 2.04. The van der Waals surface area contributed by atoms with Crippen molar-refractivity contribution in [2.45, 2.75) is 25.9 Å². The molecule has 1 atom stereocenters. The van der Waals surface area contributed by atoms with Crippen LogP contribution in [0.4, 0.5) is 0 Å². The van der Waals surface area contributed by atoms with Gasteiger partial charge in [0, 0.05) is 19.0 Å². The average molecular weight is 247 g/mol. The SMILES string of the molecule is [B]c1csc(C2(C)N/C(=C/CC)N(C)N2C)c1. The Morgan fingerprint density at radius 2 is 2.24 bits per heavy atom. The van der Waals surface area contributed by atoms with Gasteiger partial charge >= 0.3 is 0 Å². The second-order valence-electron chi connectivity index (χ2n) is 4.49. The zero-order chi connectivity index (χ0) is 12.6. The first-order valence-corrected chi connectivity index (χ1v) is 6.67. The second kappa shape index (κ2) is 4.39. The molecule has 1 saturated heterocycles. The molecular weight excluding hydrogens is 229 g/mol. The fourth-order valence-electron chi connectivity index (χ4n) is 2.08. The van der Waals surface area contributed by atoms with Gasteiger partial charge in [0.25, 0.3) is 0 Å². The maximum atomic E-state index is 5.81. The zero-order valence-corrected chi connectivity index (χ0v) is 11.6. The smallest absolute Gasteiger partial charge is 0.141 e. The van der Waals surface area contributed by atoms with E-state index >= 15 is 0 Å². The van der Waals surface area contributed by atoms with Gasteiger partial charge in [0.05, 0.1) is 0 Å². The van der Waals surface area contributed by atoms with Crippen LogP contribution in [0.5, 0.6) is 0 Å².